The predicted octanol–water partition coefficient (Wildman–Crippen LogP) is 2.61. The molecular weight excluding hydrogens is 517 g/mol. The van der Waals surface area contributed by atoms with Crippen LogP contribution in [0.2, 0.25) is 0 Å². The molecule has 12 heteroatoms. The number of halogens is 1. The molecule has 3 aromatic heterocycles. The van der Waals surface area contributed by atoms with E-state index in [1.54, 1.807) is 23.2 Å². The van der Waals surface area contributed by atoms with Crippen molar-refractivity contribution in [2.75, 3.05) is 26.2 Å². The molecule has 40 heavy (non-hydrogen) atoms. The lowest BCUT2D eigenvalue weighted by Crippen LogP contribution is -2.54. The molecule has 0 saturated carbocycles. The molecular formula is C28H30FN7O4. The molecule has 0 atom stereocenters. The fraction of sp³-hybridized carbons (Fsp3) is 0.393. The van der Waals surface area contributed by atoms with E-state index in [4.69, 9.17) is 4.74 Å². The van der Waals surface area contributed by atoms with Gasteiger partial charge in [0.05, 0.1) is 24.0 Å². The third-order valence-corrected chi connectivity index (χ3v) is 7.69. The van der Waals surface area contributed by atoms with Crippen molar-refractivity contribution in [2.45, 2.75) is 43.9 Å². The lowest BCUT2D eigenvalue weighted by molar-refractivity contribution is -0.0300. The second-order valence-corrected chi connectivity index (χ2v) is 10.4. The summed E-state index contributed by atoms with van der Waals surface area (Å²) in [5.74, 6) is 0.227. The molecule has 2 aliphatic rings. The third kappa shape index (κ3) is 5.26. The van der Waals surface area contributed by atoms with Crippen LogP contribution in [0.4, 0.5) is 9.18 Å². The van der Waals surface area contributed by atoms with Crippen molar-refractivity contribution in [3.63, 3.8) is 0 Å². The Bertz CT molecular complexity index is 1540. The fourth-order valence-electron chi connectivity index (χ4n) is 5.37. The molecule has 2 aliphatic heterocycles. The standard InChI is InChI=1S/C28H30FN7O4/c29-20-4-6-21(7-5-20)36-25-23(17-32-36)26(37)35(19-31-25)18-28(39)10-15-34(16-11-28)27(38)33-13-8-22(9-14-33)40-24-3-1-2-12-30-24/h1-7,12,17,19,22,39H,8-11,13-16,18H2. The van der Waals surface area contributed by atoms with Crippen LogP contribution in [0.25, 0.3) is 16.7 Å². The maximum atomic E-state index is 13.3. The summed E-state index contributed by atoms with van der Waals surface area (Å²) in [5.41, 5.74) is -0.524. The molecule has 1 N–H and O–H groups in total. The van der Waals surface area contributed by atoms with Gasteiger partial charge in [0.15, 0.2) is 5.65 Å². The first-order valence-electron chi connectivity index (χ1n) is 13.4. The molecule has 6 rings (SSSR count). The van der Waals surface area contributed by atoms with Crippen molar-refractivity contribution in [2.24, 2.45) is 0 Å². The number of urea groups is 1. The van der Waals surface area contributed by atoms with Crippen molar-refractivity contribution < 1.29 is 19.0 Å². The van der Waals surface area contributed by atoms with Gasteiger partial charge in [0.1, 0.15) is 23.6 Å². The van der Waals surface area contributed by atoms with Crippen LogP contribution < -0.4 is 10.3 Å². The van der Waals surface area contributed by atoms with Crippen molar-refractivity contribution in [1.82, 2.24) is 34.1 Å². The number of hydrogen-bond acceptors (Lipinski definition) is 7. The number of piperidine rings is 2. The molecule has 2 fully saturated rings. The van der Waals surface area contributed by atoms with Crippen molar-refractivity contribution in [1.29, 1.82) is 0 Å². The van der Waals surface area contributed by atoms with Crippen LogP contribution in [-0.4, -0.2) is 83.1 Å². The van der Waals surface area contributed by atoms with Crippen LogP contribution in [0.3, 0.4) is 0 Å². The number of rotatable bonds is 5. The van der Waals surface area contributed by atoms with Crippen molar-refractivity contribution in [3.05, 3.63) is 77.4 Å². The molecule has 0 spiro atoms. The number of aliphatic hydroxyl groups is 1. The minimum absolute atomic E-state index is 0.0254. The molecule has 5 heterocycles. The minimum atomic E-state index is -1.15. The quantitative estimate of drug-likeness (QED) is 0.408. The van der Waals surface area contributed by atoms with Gasteiger partial charge in [-0.15, -0.1) is 0 Å². The van der Waals surface area contributed by atoms with Gasteiger partial charge in [0, 0.05) is 51.3 Å². The van der Waals surface area contributed by atoms with E-state index in [9.17, 15) is 19.1 Å². The van der Waals surface area contributed by atoms with Crippen LogP contribution in [0.15, 0.2) is 66.0 Å². The number of nitrogens with zero attached hydrogens (tertiary/aromatic N) is 7. The summed E-state index contributed by atoms with van der Waals surface area (Å²) >= 11 is 0. The third-order valence-electron chi connectivity index (χ3n) is 7.69. The normalized spacial score (nSPS) is 17.8. The second-order valence-electron chi connectivity index (χ2n) is 10.4. The van der Waals surface area contributed by atoms with Crippen LogP contribution >= 0.6 is 0 Å². The number of aromatic nitrogens is 5. The SMILES string of the molecule is O=C(N1CCC(Oc2ccccn2)CC1)N1CCC(O)(Cn2cnc3c(cnn3-c3ccc(F)cc3)c2=O)CC1. The maximum Gasteiger partial charge on any atom is 0.320 e. The van der Waals surface area contributed by atoms with Gasteiger partial charge < -0.3 is 19.6 Å². The predicted molar refractivity (Wildman–Crippen MR) is 144 cm³/mol. The number of amides is 2. The number of pyridine rings is 1. The van der Waals surface area contributed by atoms with Crippen molar-refractivity contribution >= 4 is 17.1 Å². The second kappa shape index (κ2) is 10.7. The summed E-state index contributed by atoms with van der Waals surface area (Å²) in [4.78, 5) is 38.5. The zero-order valence-corrected chi connectivity index (χ0v) is 21.9. The number of benzene rings is 1. The molecule has 1 aromatic carbocycles. The molecule has 0 unspecified atom stereocenters. The Kier molecular flexibility index (Phi) is 6.93. The van der Waals surface area contributed by atoms with Gasteiger partial charge in [0.2, 0.25) is 5.88 Å². The Labute approximate surface area is 229 Å². The number of likely N-dealkylation sites (tertiary alicyclic amines) is 2. The summed E-state index contributed by atoms with van der Waals surface area (Å²) in [6, 6.07) is 11.3. The Morgan fingerprint density at radius 3 is 2.45 bits per heavy atom. The first kappa shape index (κ1) is 25.9. The minimum Gasteiger partial charge on any atom is -0.474 e. The Balaban J connectivity index is 1.05. The van der Waals surface area contributed by atoms with Gasteiger partial charge in [-0.2, -0.15) is 5.10 Å². The molecule has 4 aromatic rings. The number of ether oxygens (including phenoxy) is 1. The monoisotopic (exact) mass is 547 g/mol. The maximum absolute atomic E-state index is 13.3. The van der Waals surface area contributed by atoms with E-state index in [0.717, 1.165) is 12.8 Å². The van der Waals surface area contributed by atoms with E-state index >= 15 is 0 Å². The van der Waals surface area contributed by atoms with Gasteiger partial charge in [-0.05, 0) is 43.2 Å². The Hall–Kier alpha value is -4.32. The van der Waals surface area contributed by atoms with Gasteiger partial charge in [-0.3, -0.25) is 9.36 Å². The molecule has 2 saturated heterocycles. The first-order valence-corrected chi connectivity index (χ1v) is 13.4. The topological polar surface area (TPSA) is 119 Å². The summed E-state index contributed by atoms with van der Waals surface area (Å²) in [6.07, 6.45) is 6.71. The lowest BCUT2D eigenvalue weighted by Gasteiger charge is -2.41. The Morgan fingerprint density at radius 1 is 1.02 bits per heavy atom. The molecule has 2 amide bonds. The van der Waals surface area contributed by atoms with Gasteiger partial charge >= 0.3 is 6.03 Å². The van der Waals surface area contributed by atoms with E-state index in [1.165, 1.54) is 33.9 Å². The molecule has 208 valence electrons. The lowest BCUT2D eigenvalue weighted by atomic mass is 9.91. The molecule has 0 aliphatic carbocycles. The highest BCUT2D eigenvalue weighted by Gasteiger charge is 2.37. The van der Waals surface area contributed by atoms with Crippen LogP contribution in [0.5, 0.6) is 5.88 Å². The summed E-state index contributed by atoms with van der Waals surface area (Å²) < 4.78 is 22.1. The first-order chi connectivity index (χ1) is 19.4. The van der Waals surface area contributed by atoms with Gasteiger partial charge in [-0.25, -0.2) is 23.8 Å². The van der Waals surface area contributed by atoms with Gasteiger partial charge in [-0.1, -0.05) is 6.07 Å². The zero-order chi connectivity index (χ0) is 27.7. The average Bonchev–Trinajstić information content (AvgIpc) is 3.41. The summed E-state index contributed by atoms with van der Waals surface area (Å²) in [6.45, 7) is 2.06. The van der Waals surface area contributed by atoms with Crippen LogP contribution in [-0.2, 0) is 6.54 Å². The highest BCUT2D eigenvalue weighted by Crippen LogP contribution is 2.26. The summed E-state index contributed by atoms with van der Waals surface area (Å²) in [5, 5.41) is 15.9. The van der Waals surface area contributed by atoms with E-state index in [0.29, 0.717) is 61.6 Å². The number of fused-ring (bicyclic) bond motifs is 1. The van der Waals surface area contributed by atoms with Crippen LogP contribution in [0.1, 0.15) is 25.7 Å². The van der Waals surface area contributed by atoms with Gasteiger partial charge in [0.25, 0.3) is 5.56 Å². The van der Waals surface area contributed by atoms with Crippen LogP contribution in [0, 0.1) is 5.82 Å². The van der Waals surface area contributed by atoms with E-state index in [2.05, 4.69) is 15.1 Å². The fourth-order valence-corrected chi connectivity index (χ4v) is 5.37. The number of carbonyl (C=O) groups excluding carboxylic acids is 1. The summed E-state index contributed by atoms with van der Waals surface area (Å²) in [7, 11) is 0. The van der Waals surface area contributed by atoms with E-state index < -0.39 is 5.60 Å². The van der Waals surface area contributed by atoms with E-state index in [1.807, 2.05) is 23.1 Å². The number of hydrogen-bond donors (Lipinski definition) is 1. The highest BCUT2D eigenvalue weighted by atomic mass is 19.1. The molecule has 0 radical (unpaired) electrons. The number of carbonyl (C=O) groups is 1. The largest absolute Gasteiger partial charge is 0.474 e. The Morgan fingerprint density at radius 2 is 1.75 bits per heavy atom. The molecule has 0 bridgehead atoms. The zero-order valence-electron chi connectivity index (χ0n) is 21.9. The smallest absolute Gasteiger partial charge is 0.320 e. The van der Waals surface area contributed by atoms with Crippen molar-refractivity contribution in [3.8, 4) is 11.6 Å². The highest BCUT2D eigenvalue weighted by molar-refractivity contribution is 5.75. The molecule has 11 nitrogen and oxygen atoms in total. The van der Waals surface area contributed by atoms with E-state index in [-0.39, 0.29) is 30.1 Å². The average molecular weight is 548 g/mol.